The SMILES string of the molecule is Cc1cc(Br)cc(C)c1OC(=O)Cn1c2ccccc2c(=O)c2ccccc21. The Bertz CT molecular complexity index is 1210. The Labute approximate surface area is 170 Å². The summed E-state index contributed by atoms with van der Waals surface area (Å²) in [6.07, 6.45) is 0. The molecule has 0 saturated heterocycles. The molecule has 1 aromatic heterocycles. The summed E-state index contributed by atoms with van der Waals surface area (Å²) in [6, 6.07) is 18.5. The molecule has 0 aliphatic carbocycles. The molecule has 0 spiro atoms. The van der Waals surface area contributed by atoms with Crippen LogP contribution in [0.15, 0.2) is 69.9 Å². The predicted molar refractivity (Wildman–Crippen MR) is 115 cm³/mol. The van der Waals surface area contributed by atoms with Crippen LogP contribution in [0.5, 0.6) is 5.75 Å². The number of carbonyl (C=O) groups excluding carboxylic acids is 1. The summed E-state index contributed by atoms with van der Waals surface area (Å²) in [4.78, 5) is 25.6. The summed E-state index contributed by atoms with van der Waals surface area (Å²) < 4.78 is 8.49. The predicted octanol–water partition coefficient (Wildman–Crippen LogP) is 5.14. The van der Waals surface area contributed by atoms with Crippen molar-refractivity contribution < 1.29 is 9.53 Å². The summed E-state index contributed by atoms with van der Waals surface area (Å²) in [7, 11) is 0. The lowest BCUT2D eigenvalue weighted by molar-refractivity contribution is -0.135. The van der Waals surface area contributed by atoms with Gasteiger partial charge in [0.1, 0.15) is 12.3 Å². The van der Waals surface area contributed by atoms with Gasteiger partial charge < -0.3 is 9.30 Å². The monoisotopic (exact) mass is 435 g/mol. The topological polar surface area (TPSA) is 48.3 Å². The maximum Gasteiger partial charge on any atom is 0.331 e. The van der Waals surface area contributed by atoms with Gasteiger partial charge in [-0.2, -0.15) is 0 Å². The number of halogens is 1. The van der Waals surface area contributed by atoms with Crippen LogP contribution in [0.3, 0.4) is 0 Å². The molecule has 0 amide bonds. The van der Waals surface area contributed by atoms with Crippen molar-refractivity contribution >= 4 is 43.7 Å². The van der Waals surface area contributed by atoms with Gasteiger partial charge in [0.05, 0.1) is 11.0 Å². The van der Waals surface area contributed by atoms with Crippen molar-refractivity contribution in [3.63, 3.8) is 0 Å². The Balaban J connectivity index is 1.80. The van der Waals surface area contributed by atoms with Gasteiger partial charge in [-0.15, -0.1) is 0 Å². The summed E-state index contributed by atoms with van der Waals surface area (Å²) >= 11 is 3.45. The Morgan fingerprint density at radius 3 is 1.96 bits per heavy atom. The molecule has 4 nitrogen and oxygen atoms in total. The third-order valence-corrected chi connectivity index (χ3v) is 5.26. The summed E-state index contributed by atoms with van der Waals surface area (Å²) in [6.45, 7) is 3.82. The lowest BCUT2D eigenvalue weighted by Crippen LogP contribution is -2.20. The molecule has 140 valence electrons. The first-order valence-corrected chi connectivity index (χ1v) is 9.72. The van der Waals surface area contributed by atoms with E-state index in [4.69, 9.17) is 4.74 Å². The van der Waals surface area contributed by atoms with E-state index >= 15 is 0 Å². The van der Waals surface area contributed by atoms with E-state index in [2.05, 4.69) is 15.9 Å². The highest BCUT2D eigenvalue weighted by atomic mass is 79.9. The normalized spacial score (nSPS) is 11.1. The molecule has 0 aliphatic rings. The molecule has 3 aromatic carbocycles. The Morgan fingerprint density at radius 2 is 1.43 bits per heavy atom. The van der Waals surface area contributed by atoms with E-state index in [1.165, 1.54) is 0 Å². The average molecular weight is 436 g/mol. The molecule has 1 heterocycles. The molecule has 4 rings (SSSR count). The van der Waals surface area contributed by atoms with Crippen LogP contribution in [0, 0.1) is 13.8 Å². The fourth-order valence-corrected chi connectivity index (χ4v) is 4.27. The number of aromatic nitrogens is 1. The number of hydrogen-bond acceptors (Lipinski definition) is 3. The van der Waals surface area contributed by atoms with Crippen LogP contribution < -0.4 is 10.2 Å². The fraction of sp³-hybridized carbons (Fsp3) is 0.130. The van der Waals surface area contributed by atoms with Gasteiger partial charge in [0, 0.05) is 15.2 Å². The van der Waals surface area contributed by atoms with Gasteiger partial charge in [-0.25, -0.2) is 4.79 Å². The zero-order chi connectivity index (χ0) is 19.8. The molecule has 0 saturated carbocycles. The number of para-hydroxylation sites is 2. The number of hydrogen-bond donors (Lipinski definition) is 0. The Hall–Kier alpha value is -2.92. The number of carbonyl (C=O) groups is 1. The van der Waals surface area contributed by atoms with Gasteiger partial charge in [-0.1, -0.05) is 40.2 Å². The zero-order valence-corrected chi connectivity index (χ0v) is 17.1. The number of esters is 1. The van der Waals surface area contributed by atoms with Crippen molar-refractivity contribution in [1.82, 2.24) is 4.57 Å². The van der Waals surface area contributed by atoms with Crippen molar-refractivity contribution in [2.24, 2.45) is 0 Å². The quantitative estimate of drug-likeness (QED) is 0.254. The highest BCUT2D eigenvalue weighted by Crippen LogP contribution is 2.28. The number of fused-ring (bicyclic) bond motifs is 2. The summed E-state index contributed by atoms with van der Waals surface area (Å²) in [5, 5.41) is 1.18. The van der Waals surface area contributed by atoms with Gasteiger partial charge in [-0.05, 0) is 61.4 Å². The zero-order valence-electron chi connectivity index (χ0n) is 15.5. The number of aryl methyl sites for hydroxylation is 2. The number of ether oxygens (including phenoxy) is 1. The number of rotatable bonds is 3. The van der Waals surface area contributed by atoms with E-state index in [-0.39, 0.29) is 17.9 Å². The van der Waals surface area contributed by atoms with Gasteiger partial charge in [0.2, 0.25) is 0 Å². The van der Waals surface area contributed by atoms with Crippen molar-refractivity contribution in [3.05, 3.63) is 86.5 Å². The van der Waals surface area contributed by atoms with Crippen molar-refractivity contribution in [3.8, 4) is 5.75 Å². The Kier molecular flexibility index (Phi) is 4.77. The first kappa shape index (κ1) is 18.4. The average Bonchev–Trinajstić information content (AvgIpc) is 2.68. The first-order valence-electron chi connectivity index (χ1n) is 8.93. The molecule has 0 radical (unpaired) electrons. The first-order chi connectivity index (χ1) is 13.5. The third-order valence-electron chi connectivity index (χ3n) is 4.81. The highest BCUT2D eigenvalue weighted by Gasteiger charge is 2.16. The third kappa shape index (κ3) is 3.22. The van der Waals surface area contributed by atoms with Crippen LogP contribution >= 0.6 is 15.9 Å². The molecular weight excluding hydrogens is 418 g/mol. The molecule has 4 aromatic rings. The van der Waals surface area contributed by atoms with Gasteiger partial charge in [0.25, 0.3) is 0 Å². The van der Waals surface area contributed by atoms with Crippen LogP contribution in [0.4, 0.5) is 0 Å². The van der Waals surface area contributed by atoms with E-state index in [0.717, 1.165) is 15.6 Å². The number of benzene rings is 3. The molecule has 28 heavy (non-hydrogen) atoms. The minimum Gasteiger partial charge on any atom is -0.425 e. The summed E-state index contributed by atoms with van der Waals surface area (Å²) in [5.74, 6) is 0.190. The lowest BCUT2D eigenvalue weighted by atomic mass is 10.1. The molecule has 0 N–H and O–H groups in total. The van der Waals surface area contributed by atoms with E-state index < -0.39 is 0 Å². The van der Waals surface area contributed by atoms with Gasteiger partial charge >= 0.3 is 5.97 Å². The minimum absolute atomic E-state index is 0.0102. The van der Waals surface area contributed by atoms with Gasteiger partial charge in [-0.3, -0.25) is 4.79 Å². The summed E-state index contributed by atoms with van der Waals surface area (Å²) in [5.41, 5.74) is 3.17. The fourth-order valence-electron chi connectivity index (χ4n) is 3.58. The number of nitrogens with zero attached hydrogens (tertiary/aromatic N) is 1. The molecule has 5 heteroatoms. The largest absolute Gasteiger partial charge is 0.425 e. The van der Waals surface area contributed by atoms with Crippen LogP contribution in [0.25, 0.3) is 21.8 Å². The molecule has 0 atom stereocenters. The van der Waals surface area contributed by atoms with E-state index in [0.29, 0.717) is 27.6 Å². The highest BCUT2D eigenvalue weighted by molar-refractivity contribution is 9.10. The van der Waals surface area contributed by atoms with Crippen LogP contribution in [0.2, 0.25) is 0 Å². The molecule has 0 unspecified atom stereocenters. The van der Waals surface area contributed by atoms with Crippen molar-refractivity contribution in [2.75, 3.05) is 0 Å². The van der Waals surface area contributed by atoms with E-state index in [1.54, 1.807) is 12.1 Å². The lowest BCUT2D eigenvalue weighted by Gasteiger charge is -2.16. The van der Waals surface area contributed by atoms with Crippen LogP contribution in [-0.2, 0) is 11.3 Å². The smallest absolute Gasteiger partial charge is 0.331 e. The van der Waals surface area contributed by atoms with Crippen LogP contribution in [-0.4, -0.2) is 10.5 Å². The second-order valence-electron chi connectivity index (χ2n) is 6.79. The second kappa shape index (κ2) is 7.24. The molecule has 0 aliphatic heterocycles. The van der Waals surface area contributed by atoms with Crippen molar-refractivity contribution in [1.29, 1.82) is 0 Å². The molecule has 0 bridgehead atoms. The standard InChI is InChI=1S/C23H18BrNO3/c1-14-11-16(24)12-15(2)23(14)28-21(26)13-25-19-9-5-3-7-17(19)22(27)18-8-4-6-10-20(18)25/h3-12H,13H2,1-2H3. The molecule has 0 fully saturated rings. The second-order valence-corrected chi connectivity index (χ2v) is 7.71. The van der Waals surface area contributed by atoms with Gasteiger partial charge in [0.15, 0.2) is 5.43 Å². The number of pyridine rings is 1. The minimum atomic E-state index is -0.382. The maximum atomic E-state index is 12.8. The van der Waals surface area contributed by atoms with Crippen LogP contribution in [0.1, 0.15) is 11.1 Å². The van der Waals surface area contributed by atoms with Crippen molar-refractivity contribution in [2.45, 2.75) is 20.4 Å². The molecular formula is C23H18BrNO3. The van der Waals surface area contributed by atoms with E-state index in [9.17, 15) is 9.59 Å². The maximum absolute atomic E-state index is 12.8. The van der Waals surface area contributed by atoms with E-state index in [1.807, 2.05) is 66.9 Å². The Morgan fingerprint density at radius 1 is 0.929 bits per heavy atom.